The molecule has 2 aromatic carbocycles. The van der Waals surface area contributed by atoms with Gasteiger partial charge < -0.3 is 0 Å². The first kappa shape index (κ1) is 17.0. The first-order valence-electron chi connectivity index (χ1n) is 7.60. The van der Waals surface area contributed by atoms with Gasteiger partial charge in [0.1, 0.15) is 0 Å². The van der Waals surface area contributed by atoms with Crippen molar-refractivity contribution in [3.8, 4) is 0 Å². The summed E-state index contributed by atoms with van der Waals surface area (Å²) in [6.07, 6.45) is 2.50. The van der Waals surface area contributed by atoms with Crippen molar-refractivity contribution in [1.82, 2.24) is 5.01 Å². The van der Waals surface area contributed by atoms with Crippen LogP contribution < -0.4 is 4.90 Å². The Morgan fingerprint density at radius 2 is 2.00 bits per heavy atom. The van der Waals surface area contributed by atoms with Crippen LogP contribution in [-0.2, 0) is 6.42 Å². The molecule has 0 unspecified atom stereocenters. The lowest BCUT2D eigenvalue weighted by Crippen LogP contribution is -2.43. The van der Waals surface area contributed by atoms with Gasteiger partial charge in [0.05, 0.1) is 12.3 Å². The normalized spacial score (nSPS) is 16.5. The fourth-order valence-electron chi connectivity index (χ4n) is 2.68. The number of hydrogen-bond donors (Lipinski definition) is 0. The van der Waals surface area contributed by atoms with Gasteiger partial charge in [0.15, 0.2) is 0 Å². The van der Waals surface area contributed by atoms with E-state index in [-0.39, 0.29) is 12.1 Å². The fraction of sp³-hybridized carbons (Fsp3) is 0.222. The van der Waals surface area contributed by atoms with Crippen molar-refractivity contribution in [2.24, 2.45) is 5.10 Å². The van der Waals surface area contributed by atoms with Crippen LogP contribution in [0.25, 0.3) is 0 Å². The molecule has 1 aliphatic rings. The van der Waals surface area contributed by atoms with Gasteiger partial charge in [-0.15, -0.1) is 0 Å². The topological polar surface area (TPSA) is 35.9 Å². The molecule has 0 spiro atoms. The van der Waals surface area contributed by atoms with Crippen molar-refractivity contribution in [2.45, 2.75) is 19.4 Å². The molecule has 124 valence electrons. The third kappa shape index (κ3) is 3.47. The highest BCUT2D eigenvalue weighted by Gasteiger charge is 2.26. The van der Waals surface area contributed by atoms with Crippen LogP contribution >= 0.6 is 27.5 Å². The van der Waals surface area contributed by atoms with Gasteiger partial charge in [-0.1, -0.05) is 33.6 Å². The number of carbonyl (C=O) groups excluding carboxylic acids is 1. The number of urea groups is 1. The summed E-state index contributed by atoms with van der Waals surface area (Å²) in [5, 5.41) is 6.59. The Labute approximate surface area is 154 Å². The van der Waals surface area contributed by atoms with Gasteiger partial charge in [-0.3, -0.25) is 4.90 Å². The van der Waals surface area contributed by atoms with Gasteiger partial charge in [0.2, 0.25) is 0 Å². The number of amides is 2. The van der Waals surface area contributed by atoms with E-state index in [1.165, 1.54) is 10.6 Å². The molecule has 1 aliphatic heterocycles. The van der Waals surface area contributed by atoms with Crippen LogP contribution in [-0.4, -0.2) is 30.3 Å². The van der Waals surface area contributed by atoms with Crippen molar-refractivity contribution >= 4 is 45.5 Å². The maximum Gasteiger partial charge on any atom is 0.344 e. The van der Waals surface area contributed by atoms with E-state index in [4.69, 9.17) is 11.6 Å². The molecule has 1 atom stereocenters. The van der Waals surface area contributed by atoms with Gasteiger partial charge in [-0.2, -0.15) is 5.10 Å². The third-order valence-electron chi connectivity index (χ3n) is 4.06. The summed E-state index contributed by atoms with van der Waals surface area (Å²) < 4.78 is 0.999. The van der Waals surface area contributed by atoms with Crippen LogP contribution in [0.15, 0.2) is 52.0 Å². The number of benzene rings is 2. The van der Waals surface area contributed by atoms with Crippen LogP contribution in [0.2, 0.25) is 5.02 Å². The molecule has 24 heavy (non-hydrogen) atoms. The average Bonchev–Trinajstić information content (AvgIpc) is 2.72. The maximum atomic E-state index is 12.9. The molecule has 0 fully saturated rings. The van der Waals surface area contributed by atoms with Crippen LogP contribution in [0, 0.1) is 0 Å². The number of fused-ring (bicyclic) bond motifs is 1. The van der Waals surface area contributed by atoms with E-state index in [0.717, 1.165) is 22.1 Å². The minimum Gasteiger partial charge on any atom is -0.296 e. The molecule has 0 radical (unpaired) electrons. The highest BCUT2D eigenvalue weighted by atomic mass is 79.9. The number of anilines is 1. The third-order valence-corrected chi connectivity index (χ3v) is 4.80. The number of carbonyl (C=O) groups is 1. The molecule has 0 aliphatic carbocycles. The Kier molecular flexibility index (Phi) is 4.92. The monoisotopic (exact) mass is 405 g/mol. The lowest BCUT2D eigenvalue weighted by molar-refractivity contribution is 0.190. The van der Waals surface area contributed by atoms with E-state index in [1.54, 1.807) is 30.3 Å². The molecule has 1 heterocycles. The zero-order valence-corrected chi connectivity index (χ0v) is 15.8. The molecule has 0 bridgehead atoms. The Morgan fingerprint density at radius 1 is 1.29 bits per heavy atom. The van der Waals surface area contributed by atoms with Gasteiger partial charge in [0, 0.05) is 22.2 Å². The molecule has 2 aromatic rings. The second kappa shape index (κ2) is 6.95. The molecule has 0 N–H and O–H groups in total. The highest BCUT2D eigenvalue weighted by Crippen LogP contribution is 2.23. The summed E-state index contributed by atoms with van der Waals surface area (Å²) in [7, 11) is 1.74. The minimum atomic E-state index is -0.173. The number of hydrogen-bond acceptors (Lipinski definition) is 2. The van der Waals surface area contributed by atoms with E-state index in [0.29, 0.717) is 5.02 Å². The van der Waals surface area contributed by atoms with Gasteiger partial charge in [-0.05, 0) is 60.9 Å². The Hall–Kier alpha value is -1.85. The van der Waals surface area contributed by atoms with Crippen LogP contribution in [0.5, 0.6) is 0 Å². The average molecular weight is 407 g/mol. The van der Waals surface area contributed by atoms with Crippen molar-refractivity contribution in [2.75, 3.05) is 11.9 Å². The first-order valence-corrected chi connectivity index (χ1v) is 8.77. The van der Waals surface area contributed by atoms with Crippen LogP contribution in [0.1, 0.15) is 18.1 Å². The Bertz CT molecular complexity index is 791. The summed E-state index contributed by atoms with van der Waals surface area (Å²) >= 11 is 9.39. The molecule has 2 amide bonds. The fourth-order valence-corrected chi connectivity index (χ4v) is 3.19. The van der Waals surface area contributed by atoms with E-state index in [1.807, 2.05) is 31.2 Å². The summed E-state index contributed by atoms with van der Waals surface area (Å²) in [5.74, 6) is 0. The zero-order valence-electron chi connectivity index (χ0n) is 13.4. The first-order chi connectivity index (χ1) is 11.5. The van der Waals surface area contributed by atoms with Crippen LogP contribution in [0.4, 0.5) is 10.5 Å². The molecule has 0 aromatic heterocycles. The molecule has 0 saturated carbocycles. The minimum absolute atomic E-state index is 0.0362. The maximum absolute atomic E-state index is 12.9. The molecule has 6 heteroatoms. The predicted octanol–water partition coefficient (Wildman–Crippen LogP) is 4.94. The smallest absolute Gasteiger partial charge is 0.296 e. The summed E-state index contributed by atoms with van der Waals surface area (Å²) in [6, 6.07) is 13.1. The molecule has 4 nitrogen and oxygen atoms in total. The molecular weight excluding hydrogens is 390 g/mol. The standard InChI is InChI=1S/C18H17BrClN3O/c1-12-9-13-3-4-15(19)10-14(13)11-21-23(12)18(24)22(2)17-7-5-16(20)6-8-17/h3-8,10-12H,9H2,1-2H3/t12-/m0/s1. The Balaban J connectivity index is 1.85. The molecule has 3 rings (SSSR count). The Morgan fingerprint density at radius 3 is 2.71 bits per heavy atom. The lowest BCUT2D eigenvalue weighted by atomic mass is 10.0. The molecular formula is C18H17BrClN3O. The second-order valence-corrected chi connectivity index (χ2v) is 7.16. The van der Waals surface area contributed by atoms with Crippen molar-refractivity contribution in [3.63, 3.8) is 0 Å². The molecule has 0 saturated heterocycles. The second-order valence-electron chi connectivity index (χ2n) is 5.80. The van der Waals surface area contributed by atoms with Crippen LogP contribution in [0.3, 0.4) is 0 Å². The van der Waals surface area contributed by atoms with E-state index in [9.17, 15) is 4.79 Å². The zero-order chi connectivity index (χ0) is 17.3. The SMILES string of the molecule is C[C@H]1Cc2ccc(Br)cc2C=NN1C(=O)N(C)c1ccc(Cl)cc1. The number of rotatable bonds is 1. The van der Waals surface area contributed by atoms with E-state index < -0.39 is 0 Å². The van der Waals surface area contributed by atoms with Gasteiger partial charge >= 0.3 is 6.03 Å². The van der Waals surface area contributed by atoms with Crippen molar-refractivity contribution in [1.29, 1.82) is 0 Å². The number of hydrazone groups is 1. The summed E-state index contributed by atoms with van der Waals surface area (Å²) in [6.45, 7) is 2.00. The quantitative estimate of drug-likeness (QED) is 0.661. The largest absolute Gasteiger partial charge is 0.344 e. The number of nitrogens with zero attached hydrogens (tertiary/aromatic N) is 3. The van der Waals surface area contributed by atoms with E-state index >= 15 is 0 Å². The van der Waals surface area contributed by atoms with Gasteiger partial charge in [0.25, 0.3) is 0 Å². The summed E-state index contributed by atoms with van der Waals surface area (Å²) in [4.78, 5) is 14.4. The summed E-state index contributed by atoms with van der Waals surface area (Å²) in [5.41, 5.74) is 2.98. The highest BCUT2D eigenvalue weighted by molar-refractivity contribution is 9.10. The lowest BCUT2D eigenvalue weighted by Gasteiger charge is -2.28. The van der Waals surface area contributed by atoms with Gasteiger partial charge in [-0.25, -0.2) is 9.80 Å². The predicted molar refractivity (Wildman–Crippen MR) is 102 cm³/mol. The van der Waals surface area contributed by atoms with Crippen molar-refractivity contribution in [3.05, 3.63) is 63.1 Å². The number of halogens is 2. The van der Waals surface area contributed by atoms with E-state index in [2.05, 4.69) is 27.1 Å². The van der Waals surface area contributed by atoms with Crippen molar-refractivity contribution < 1.29 is 4.79 Å².